The van der Waals surface area contributed by atoms with Crippen molar-refractivity contribution in [2.75, 3.05) is 26.2 Å². The molecular formula is C12H17BrN2O2S2. The topological polar surface area (TPSA) is 49.4 Å². The quantitative estimate of drug-likeness (QED) is 0.875. The molecule has 2 fully saturated rings. The second kappa shape index (κ2) is 5.11. The molecule has 0 bridgehead atoms. The van der Waals surface area contributed by atoms with Crippen LogP contribution in [0.3, 0.4) is 0 Å². The van der Waals surface area contributed by atoms with Gasteiger partial charge in [0.2, 0.25) is 0 Å². The molecule has 0 amide bonds. The van der Waals surface area contributed by atoms with Crippen molar-refractivity contribution in [1.29, 1.82) is 0 Å². The van der Waals surface area contributed by atoms with E-state index in [0.29, 0.717) is 17.3 Å². The molecule has 0 aromatic carbocycles. The second-order valence-electron chi connectivity index (χ2n) is 5.40. The predicted octanol–water partition coefficient (Wildman–Crippen LogP) is 2.27. The zero-order valence-electron chi connectivity index (χ0n) is 10.6. The predicted molar refractivity (Wildman–Crippen MR) is 79.9 cm³/mol. The van der Waals surface area contributed by atoms with Crippen LogP contribution in [0.1, 0.15) is 19.3 Å². The molecule has 2 aliphatic heterocycles. The molecule has 3 heterocycles. The molecule has 1 aromatic heterocycles. The first-order chi connectivity index (χ1) is 9.02. The number of halogens is 1. The number of thiophene rings is 1. The largest absolute Gasteiger partial charge is 0.317 e. The van der Waals surface area contributed by atoms with Crippen LogP contribution in [0.4, 0.5) is 0 Å². The Kier molecular flexibility index (Phi) is 3.77. The summed E-state index contributed by atoms with van der Waals surface area (Å²) in [4.78, 5) is 0. The maximum absolute atomic E-state index is 12.6. The number of sulfonamides is 1. The van der Waals surface area contributed by atoms with Crippen LogP contribution in [0.15, 0.2) is 20.1 Å². The highest BCUT2D eigenvalue weighted by Crippen LogP contribution is 2.41. The summed E-state index contributed by atoms with van der Waals surface area (Å²) in [5.74, 6) is 0. The summed E-state index contributed by atoms with van der Waals surface area (Å²) < 4.78 is 28.1. The van der Waals surface area contributed by atoms with Gasteiger partial charge < -0.3 is 5.32 Å². The third kappa shape index (κ3) is 2.63. The van der Waals surface area contributed by atoms with Crippen molar-refractivity contribution >= 4 is 37.3 Å². The Morgan fingerprint density at radius 2 is 2.00 bits per heavy atom. The summed E-state index contributed by atoms with van der Waals surface area (Å²) in [5.41, 5.74) is 0.215. The van der Waals surface area contributed by atoms with E-state index in [1.54, 1.807) is 16.4 Å². The summed E-state index contributed by atoms with van der Waals surface area (Å²) in [7, 11) is -3.29. The number of piperidine rings is 1. The van der Waals surface area contributed by atoms with Crippen LogP contribution < -0.4 is 5.32 Å². The van der Waals surface area contributed by atoms with Crippen molar-refractivity contribution < 1.29 is 8.42 Å². The Morgan fingerprint density at radius 3 is 2.63 bits per heavy atom. The van der Waals surface area contributed by atoms with E-state index in [1.807, 2.05) is 0 Å². The molecule has 2 aliphatic rings. The van der Waals surface area contributed by atoms with Crippen molar-refractivity contribution in [2.24, 2.45) is 5.41 Å². The van der Waals surface area contributed by atoms with Gasteiger partial charge >= 0.3 is 0 Å². The molecule has 0 aliphatic carbocycles. The Bertz CT molecular complexity index is 564. The number of hydrogen-bond acceptors (Lipinski definition) is 4. The van der Waals surface area contributed by atoms with E-state index >= 15 is 0 Å². The molecule has 2 saturated heterocycles. The first kappa shape index (κ1) is 14.0. The smallest absolute Gasteiger partial charge is 0.252 e. The van der Waals surface area contributed by atoms with Gasteiger partial charge in [-0.1, -0.05) is 0 Å². The van der Waals surface area contributed by atoms with Gasteiger partial charge in [-0.3, -0.25) is 0 Å². The Labute approximate surface area is 126 Å². The molecule has 1 spiro atoms. The lowest BCUT2D eigenvalue weighted by atomic mass is 9.78. The van der Waals surface area contributed by atoms with Crippen molar-refractivity contribution in [3.8, 4) is 0 Å². The second-order valence-corrected chi connectivity index (χ2v) is 10.0. The monoisotopic (exact) mass is 364 g/mol. The molecule has 19 heavy (non-hydrogen) atoms. The summed E-state index contributed by atoms with van der Waals surface area (Å²) in [6, 6.07) is 3.49. The molecule has 7 heteroatoms. The Morgan fingerprint density at radius 1 is 1.26 bits per heavy atom. The van der Waals surface area contributed by atoms with Crippen LogP contribution in [0.2, 0.25) is 0 Å². The van der Waals surface area contributed by atoms with Crippen LogP contribution in [-0.4, -0.2) is 38.9 Å². The molecule has 3 rings (SSSR count). The number of rotatable bonds is 2. The van der Waals surface area contributed by atoms with Gasteiger partial charge in [-0.15, -0.1) is 11.3 Å². The fourth-order valence-electron chi connectivity index (χ4n) is 3.03. The van der Waals surface area contributed by atoms with Gasteiger partial charge in [-0.05, 0) is 65.8 Å². The number of nitrogens with zero attached hydrogens (tertiary/aromatic N) is 1. The van der Waals surface area contributed by atoms with Crippen molar-refractivity contribution in [3.05, 3.63) is 15.9 Å². The molecule has 0 atom stereocenters. The minimum atomic E-state index is -3.29. The zero-order chi connectivity index (χ0) is 13.5. The van der Waals surface area contributed by atoms with Gasteiger partial charge in [0.05, 0.1) is 3.79 Å². The molecule has 1 aromatic rings. The van der Waals surface area contributed by atoms with E-state index < -0.39 is 10.0 Å². The summed E-state index contributed by atoms with van der Waals surface area (Å²) >= 11 is 4.62. The zero-order valence-corrected chi connectivity index (χ0v) is 13.8. The van der Waals surface area contributed by atoms with E-state index in [1.165, 1.54) is 11.3 Å². The van der Waals surface area contributed by atoms with Gasteiger partial charge in [-0.2, -0.15) is 4.31 Å². The Hall–Kier alpha value is 0.0500. The molecule has 1 N–H and O–H groups in total. The summed E-state index contributed by atoms with van der Waals surface area (Å²) in [6.07, 6.45) is 3.18. The van der Waals surface area contributed by atoms with Gasteiger partial charge in [0, 0.05) is 13.1 Å². The van der Waals surface area contributed by atoms with Crippen molar-refractivity contribution in [1.82, 2.24) is 9.62 Å². The fraction of sp³-hybridized carbons (Fsp3) is 0.667. The average molecular weight is 365 g/mol. The maximum atomic E-state index is 12.6. The van der Waals surface area contributed by atoms with Crippen LogP contribution >= 0.6 is 27.3 Å². The molecule has 0 saturated carbocycles. The van der Waals surface area contributed by atoms with E-state index in [2.05, 4.69) is 21.2 Å². The third-order valence-electron chi connectivity index (χ3n) is 4.21. The third-order valence-corrected chi connectivity index (χ3v) is 8.15. The maximum Gasteiger partial charge on any atom is 0.252 e. The first-order valence-corrected chi connectivity index (χ1v) is 9.53. The highest BCUT2D eigenvalue weighted by atomic mass is 79.9. The molecule has 4 nitrogen and oxygen atoms in total. The van der Waals surface area contributed by atoms with Crippen molar-refractivity contribution in [2.45, 2.75) is 23.5 Å². The molecule has 0 unspecified atom stereocenters. The minimum Gasteiger partial charge on any atom is -0.317 e. The van der Waals surface area contributed by atoms with Crippen molar-refractivity contribution in [3.63, 3.8) is 0 Å². The molecular weight excluding hydrogens is 348 g/mol. The van der Waals surface area contributed by atoms with E-state index in [-0.39, 0.29) is 5.41 Å². The lowest BCUT2D eigenvalue weighted by Crippen LogP contribution is -2.39. The Balaban J connectivity index is 1.80. The summed E-state index contributed by atoms with van der Waals surface area (Å²) in [6.45, 7) is 3.38. The highest BCUT2D eigenvalue weighted by Gasteiger charge is 2.43. The van der Waals surface area contributed by atoms with E-state index in [9.17, 15) is 8.42 Å². The number of nitrogens with one attached hydrogen (secondary N) is 1. The fourth-order valence-corrected chi connectivity index (χ4v) is 6.75. The lowest BCUT2D eigenvalue weighted by molar-refractivity contribution is 0.218. The molecule has 106 valence electrons. The van der Waals surface area contributed by atoms with E-state index in [0.717, 1.165) is 36.1 Å². The van der Waals surface area contributed by atoms with Gasteiger partial charge in [-0.25, -0.2) is 8.42 Å². The summed E-state index contributed by atoms with van der Waals surface area (Å²) in [5, 5.41) is 3.35. The van der Waals surface area contributed by atoms with E-state index in [4.69, 9.17) is 0 Å². The van der Waals surface area contributed by atoms with Crippen LogP contribution in [-0.2, 0) is 10.0 Å². The van der Waals surface area contributed by atoms with Gasteiger partial charge in [0.25, 0.3) is 10.0 Å². The van der Waals surface area contributed by atoms with Crippen LogP contribution in [0, 0.1) is 5.41 Å². The minimum absolute atomic E-state index is 0.215. The van der Waals surface area contributed by atoms with Crippen LogP contribution in [0.5, 0.6) is 0 Å². The van der Waals surface area contributed by atoms with Gasteiger partial charge in [0.15, 0.2) is 0 Å². The standard InChI is InChI=1S/C12H17BrN2O2S2/c13-10-1-2-11(18-10)19(16,17)15-8-5-12(9-15)3-6-14-7-4-12/h1-2,14H,3-9H2. The lowest BCUT2D eigenvalue weighted by Gasteiger charge is -2.33. The highest BCUT2D eigenvalue weighted by molar-refractivity contribution is 9.11. The normalized spacial score (nSPS) is 24.1. The van der Waals surface area contributed by atoms with Crippen LogP contribution in [0.25, 0.3) is 0 Å². The van der Waals surface area contributed by atoms with Gasteiger partial charge in [0.1, 0.15) is 4.21 Å². The number of hydrogen-bond donors (Lipinski definition) is 1. The SMILES string of the molecule is O=S(=O)(c1ccc(Br)s1)N1CCC2(CCNCC2)C1. The molecule has 0 radical (unpaired) electrons. The average Bonchev–Trinajstić information content (AvgIpc) is 2.98. The first-order valence-electron chi connectivity index (χ1n) is 6.48.